The Hall–Kier alpha value is -1.78. The molecule has 0 fully saturated rings. The van der Waals surface area contributed by atoms with E-state index in [1.807, 2.05) is 19.1 Å². The average Bonchev–Trinajstić information content (AvgIpc) is 2.38. The molecule has 2 aromatic rings. The van der Waals surface area contributed by atoms with Crippen molar-refractivity contribution in [3.05, 3.63) is 52.2 Å². The van der Waals surface area contributed by atoms with E-state index >= 15 is 0 Å². The molecule has 2 rings (SSSR count). The van der Waals surface area contributed by atoms with Crippen LogP contribution in [-0.4, -0.2) is 12.1 Å². The summed E-state index contributed by atoms with van der Waals surface area (Å²) in [4.78, 5) is 4.09. The van der Waals surface area contributed by atoms with Gasteiger partial charge in [0.1, 0.15) is 11.6 Å². The Balaban J connectivity index is 2.53. The lowest BCUT2D eigenvalue weighted by Crippen LogP contribution is -2.17. The Bertz CT molecular complexity index is 581. The van der Waals surface area contributed by atoms with E-state index in [1.165, 1.54) is 0 Å². The van der Waals surface area contributed by atoms with E-state index < -0.39 is 6.04 Å². The third-order valence-electron chi connectivity index (χ3n) is 3.08. The van der Waals surface area contributed by atoms with Gasteiger partial charge in [0.2, 0.25) is 0 Å². The zero-order chi connectivity index (χ0) is 14.0. The number of pyridine rings is 1. The molecule has 0 amide bonds. The Labute approximate surface area is 117 Å². The Morgan fingerprint density at radius 1 is 1.32 bits per heavy atom. The normalized spacial score (nSPS) is 12.2. The Morgan fingerprint density at radius 3 is 2.68 bits per heavy atom. The lowest BCUT2D eigenvalue weighted by molar-refractivity contribution is 0.408. The number of aryl methyl sites for hydroxylation is 1. The van der Waals surface area contributed by atoms with Gasteiger partial charge in [0, 0.05) is 22.3 Å². The second kappa shape index (κ2) is 5.47. The maximum absolute atomic E-state index is 6.30. The average molecular weight is 278 g/mol. The van der Waals surface area contributed by atoms with Crippen molar-refractivity contribution in [2.24, 2.45) is 5.73 Å². The summed E-state index contributed by atoms with van der Waals surface area (Å²) in [6, 6.07) is 6.84. The smallest absolute Gasteiger partial charge is 0.128 e. The van der Waals surface area contributed by atoms with Gasteiger partial charge in [-0.05, 0) is 30.7 Å². The fourth-order valence-corrected chi connectivity index (χ4v) is 2.25. The SMILES string of the molecule is COc1cc(Cl)ccc1C(N)c1c(C)ccnc1N. The van der Waals surface area contributed by atoms with Crippen LogP contribution < -0.4 is 16.2 Å². The van der Waals surface area contributed by atoms with Crippen molar-refractivity contribution < 1.29 is 4.74 Å². The lowest BCUT2D eigenvalue weighted by Gasteiger charge is -2.19. The number of hydrogen-bond donors (Lipinski definition) is 2. The van der Waals surface area contributed by atoms with E-state index in [2.05, 4.69) is 4.98 Å². The number of benzene rings is 1. The molecule has 4 nitrogen and oxygen atoms in total. The Morgan fingerprint density at radius 2 is 2.05 bits per heavy atom. The van der Waals surface area contributed by atoms with Gasteiger partial charge in [0.15, 0.2) is 0 Å². The number of hydrogen-bond acceptors (Lipinski definition) is 4. The van der Waals surface area contributed by atoms with Crippen LogP contribution in [-0.2, 0) is 0 Å². The number of ether oxygens (including phenoxy) is 1. The molecule has 0 aliphatic heterocycles. The molecule has 1 unspecified atom stereocenters. The number of methoxy groups -OCH3 is 1. The van der Waals surface area contributed by atoms with Crippen molar-refractivity contribution in [3.63, 3.8) is 0 Å². The van der Waals surface area contributed by atoms with Crippen LogP contribution >= 0.6 is 11.6 Å². The van der Waals surface area contributed by atoms with E-state index in [0.717, 1.165) is 16.7 Å². The van der Waals surface area contributed by atoms with Crippen molar-refractivity contribution in [1.82, 2.24) is 4.98 Å². The van der Waals surface area contributed by atoms with Gasteiger partial charge in [-0.15, -0.1) is 0 Å². The maximum atomic E-state index is 6.30. The molecule has 1 heterocycles. The third-order valence-corrected chi connectivity index (χ3v) is 3.32. The van der Waals surface area contributed by atoms with Crippen molar-refractivity contribution in [3.8, 4) is 5.75 Å². The van der Waals surface area contributed by atoms with Gasteiger partial charge < -0.3 is 16.2 Å². The summed E-state index contributed by atoms with van der Waals surface area (Å²) in [6.07, 6.45) is 1.67. The fraction of sp³-hybridized carbons (Fsp3) is 0.214. The summed E-state index contributed by atoms with van der Waals surface area (Å²) in [5, 5.41) is 0.601. The molecule has 0 radical (unpaired) electrons. The van der Waals surface area contributed by atoms with Crippen LogP contribution in [0, 0.1) is 6.92 Å². The highest BCUT2D eigenvalue weighted by molar-refractivity contribution is 6.30. The van der Waals surface area contributed by atoms with Crippen molar-refractivity contribution >= 4 is 17.4 Å². The molecule has 1 aromatic heterocycles. The van der Waals surface area contributed by atoms with E-state index in [1.54, 1.807) is 25.4 Å². The van der Waals surface area contributed by atoms with Gasteiger partial charge in [-0.1, -0.05) is 17.7 Å². The molecule has 4 N–H and O–H groups in total. The summed E-state index contributed by atoms with van der Waals surface area (Å²) in [7, 11) is 1.58. The molecular formula is C14H16ClN3O. The predicted molar refractivity (Wildman–Crippen MR) is 77.4 cm³/mol. The molecule has 0 aliphatic rings. The molecule has 100 valence electrons. The molecule has 1 atom stereocenters. The molecule has 0 saturated carbocycles. The maximum Gasteiger partial charge on any atom is 0.128 e. The molecule has 19 heavy (non-hydrogen) atoms. The monoisotopic (exact) mass is 277 g/mol. The molecule has 0 spiro atoms. The van der Waals surface area contributed by atoms with Crippen LogP contribution in [0.25, 0.3) is 0 Å². The molecular weight excluding hydrogens is 262 g/mol. The van der Waals surface area contributed by atoms with Crippen LogP contribution in [0.4, 0.5) is 5.82 Å². The minimum atomic E-state index is -0.402. The van der Waals surface area contributed by atoms with E-state index in [0.29, 0.717) is 16.6 Å². The van der Waals surface area contributed by atoms with Gasteiger partial charge in [-0.25, -0.2) is 4.98 Å². The van der Waals surface area contributed by atoms with Gasteiger partial charge in [0.05, 0.1) is 13.2 Å². The first-order valence-electron chi connectivity index (χ1n) is 5.84. The van der Waals surface area contributed by atoms with E-state index in [-0.39, 0.29) is 0 Å². The predicted octanol–water partition coefficient (Wildman–Crippen LogP) is 2.68. The lowest BCUT2D eigenvalue weighted by atomic mass is 9.96. The van der Waals surface area contributed by atoms with Crippen LogP contribution in [0.2, 0.25) is 5.02 Å². The first-order valence-corrected chi connectivity index (χ1v) is 6.22. The number of nitrogens with zero attached hydrogens (tertiary/aromatic N) is 1. The molecule has 0 aliphatic carbocycles. The fourth-order valence-electron chi connectivity index (χ4n) is 2.09. The molecule has 0 saturated heterocycles. The number of anilines is 1. The number of rotatable bonds is 3. The second-order valence-corrected chi connectivity index (χ2v) is 4.73. The summed E-state index contributed by atoms with van der Waals surface area (Å²) in [5.74, 6) is 1.08. The first kappa shape index (κ1) is 13.6. The van der Waals surface area contributed by atoms with Crippen molar-refractivity contribution in [1.29, 1.82) is 0 Å². The topological polar surface area (TPSA) is 74.2 Å². The minimum Gasteiger partial charge on any atom is -0.496 e. The minimum absolute atomic E-state index is 0.402. The highest BCUT2D eigenvalue weighted by atomic mass is 35.5. The number of nitrogen functional groups attached to an aromatic ring is 1. The summed E-state index contributed by atoms with van der Waals surface area (Å²) in [5.41, 5.74) is 14.9. The molecule has 1 aromatic carbocycles. The van der Waals surface area contributed by atoms with E-state index in [9.17, 15) is 0 Å². The van der Waals surface area contributed by atoms with Crippen molar-refractivity contribution in [2.45, 2.75) is 13.0 Å². The highest BCUT2D eigenvalue weighted by Gasteiger charge is 2.19. The van der Waals surface area contributed by atoms with E-state index in [4.69, 9.17) is 27.8 Å². The number of halogens is 1. The number of aromatic nitrogens is 1. The quantitative estimate of drug-likeness (QED) is 0.904. The van der Waals surface area contributed by atoms with Gasteiger partial charge in [-0.2, -0.15) is 0 Å². The zero-order valence-corrected chi connectivity index (χ0v) is 11.6. The Kier molecular flexibility index (Phi) is 3.93. The van der Waals surface area contributed by atoms with Crippen LogP contribution in [0.3, 0.4) is 0 Å². The van der Waals surface area contributed by atoms with Gasteiger partial charge in [-0.3, -0.25) is 0 Å². The summed E-state index contributed by atoms with van der Waals surface area (Å²) < 4.78 is 5.32. The highest BCUT2D eigenvalue weighted by Crippen LogP contribution is 2.33. The van der Waals surface area contributed by atoms with Crippen LogP contribution in [0.15, 0.2) is 30.5 Å². The van der Waals surface area contributed by atoms with Crippen molar-refractivity contribution in [2.75, 3.05) is 12.8 Å². The molecule has 5 heteroatoms. The third kappa shape index (κ3) is 2.64. The summed E-state index contributed by atoms with van der Waals surface area (Å²) >= 11 is 5.95. The second-order valence-electron chi connectivity index (χ2n) is 4.29. The largest absolute Gasteiger partial charge is 0.496 e. The zero-order valence-electron chi connectivity index (χ0n) is 10.9. The summed E-state index contributed by atoms with van der Waals surface area (Å²) in [6.45, 7) is 1.95. The van der Waals surface area contributed by atoms with Gasteiger partial charge >= 0.3 is 0 Å². The number of nitrogens with two attached hydrogens (primary N) is 2. The van der Waals surface area contributed by atoms with Crippen LogP contribution in [0.1, 0.15) is 22.7 Å². The first-order chi connectivity index (χ1) is 9.04. The standard InChI is InChI=1S/C14H16ClN3O/c1-8-5-6-18-14(17)12(8)13(16)10-4-3-9(15)7-11(10)19-2/h3-7,13H,16H2,1-2H3,(H2,17,18). The van der Waals surface area contributed by atoms with Crippen LogP contribution in [0.5, 0.6) is 5.75 Å². The van der Waals surface area contributed by atoms with Gasteiger partial charge in [0.25, 0.3) is 0 Å². The molecule has 0 bridgehead atoms.